The van der Waals surface area contributed by atoms with Crippen molar-refractivity contribution in [1.29, 1.82) is 0 Å². The molecule has 5 heteroatoms. The van der Waals surface area contributed by atoms with E-state index in [9.17, 15) is 13.6 Å². The molecular weight excluding hydrogens is 256 g/mol. The fourth-order valence-corrected chi connectivity index (χ4v) is 1.29. The van der Waals surface area contributed by atoms with Gasteiger partial charge in [0, 0.05) is 16.5 Å². The van der Waals surface area contributed by atoms with Crippen LogP contribution in [0.5, 0.6) is 0 Å². The van der Waals surface area contributed by atoms with Gasteiger partial charge >= 0.3 is 0 Å². The Labute approximate surface area is 87.2 Å². The highest BCUT2D eigenvalue weighted by molar-refractivity contribution is 9.10. The highest BCUT2D eigenvalue weighted by Crippen LogP contribution is 2.20. The number of carbonyl (C=O) groups excluding carboxylic acids is 1. The van der Waals surface area contributed by atoms with Crippen molar-refractivity contribution in [1.82, 2.24) is 0 Å². The van der Waals surface area contributed by atoms with Crippen LogP contribution < -0.4 is 5.73 Å². The molecule has 1 amide bonds. The molecule has 0 aliphatic rings. The SMILES string of the molecule is NC(=O)C#Cc1c(F)cc(F)cc1Br. The third-order valence-electron chi connectivity index (χ3n) is 1.32. The van der Waals surface area contributed by atoms with E-state index >= 15 is 0 Å². The predicted molar refractivity (Wildman–Crippen MR) is 50.1 cm³/mol. The van der Waals surface area contributed by atoms with Gasteiger partial charge in [-0.2, -0.15) is 0 Å². The largest absolute Gasteiger partial charge is 0.359 e. The maximum atomic E-state index is 13.0. The average molecular weight is 260 g/mol. The molecule has 72 valence electrons. The maximum Gasteiger partial charge on any atom is 0.293 e. The van der Waals surface area contributed by atoms with Crippen molar-refractivity contribution >= 4 is 21.8 Å². The molecule has 14 heavy (non-hydrogen) atoms. The van der Waals surface area contributed by atoms with Crippen molar-refractivity contribution in [3.05, 3.63) is 33.8 Å². The lowest BCUT2D eigenvalue weighted by Crippen LogP contribution is -2.06. The molecule has 0 aliphatic carbocycles. The third-order valence-corrected chi connectivity index (χ3v) is 1.94. The van der Waals surface area contributed by atoms with Crippen molar-refractivity contribution in [2.75, 3.05) is 0 Å². The number of amides is 1. The molecule has 0 spiro atoms. The van der Waals surface area contributed by atoms with Crippen LogP contribution in [0.4, 0.5) is 8.78 Å². The zero-order valence-electron chi connectivity index (χ0n) is 6.77. The van der Waals surface area contributed by atoms with E-state index in [-0.39, 0.29) is 10.0 Å². The van der Waals surface area contributed by atoms with E-state index in [2.05, 4.69) is 21.9 Å². The first kappa shape index (κ1) is 10.7. The molecule has 0 radical (unpaired) electrons. The smallest absolute Gasteiger partial charge is 0.293 e. The van der Waals surface area contributed by atoms with Crippen LogP contribution in [0.25, 0.3) is 0 Å². The van der Waals surface area contributed by atoms with Crippen LogP contribution >= 0.6 is 15.9 Å². The summed E-state index contributed by atoms with van der Waals surface area (Å²) in [6.07, 6.45) is 0. The van der Waals surface area contributed by atoms with Crippen molar-refractivity contribution in [3.63, 3.8) is 0 Å². The Morgan fingerprint density at radius 3 is 2.57 bits per heavy atom. The number of halogens is 3. The average Bonchev–Trinajstić information content (AvgIpc) is 2.01. The van der Waals surface area contributed by atoms with Crippen LogP contribution in [-0.2, 0) is 4.79 Å². The third kappa shape index (κ3) is 2.54. The molecule has 1 aromatic rings. The van der Waals surface area contributed by atoms with E-state index in [1.54, 1.807) is 0 Å². The van der Waals surface area contributed by atoms with Crippen LogP contribution in [0.2, 0.25) is 0 Å². The maximum absolute atomic E-state index is 13.0. The number of carbonyl (C=O) groups is 1. The molecular formula is C9H4BrF2NO. The topological polar surface area (TPSA) is 43.1 Å². The fraction of sp³-hybridized carbons (Fsp3) is 0. The minimum atomic E-state index is -0.874. The second-order valence-corrected chi connectivity index (χ2v) is 3.21. The Balaban J connectivity index is 3.24. The molecule has 0 unspecified atom stereocenters. The summed E-state index contributed by atoms with van der Waals surface area (Å²) in [6.45, 7) is 0. The zero-order chi connectivity index (χ0) is 10.7. The summed E-state index contributed by atoms with van der Waals surface area (Å²) in [6, 6.07) is 1.73. The Bertz CT molecular complexity index is 425. The molecule has 0 bridgehead atoms. The first-order valence-corrected chi connectivity index (χ1v) is 4.26. The second kappa shape index (κ2) is 4.20. The highest BCUT2D eigenvalue weighted by atomic mass is 79.9. The van der Waals surface area contributed by atoms with Gasteiger partial charge in [0.05, 0.1) is 5.56 Å². The lowest BCUT2D eigenvalue weighted by molar-refractivity contribution is -0.112. The number of primary amides is 1. The van der Waals surface area contributed by atoms with Gasteiger partial charge in [-0.15, -0.1) is 0 Å². The second-order valence-electron chi connectivity index (χ2n) is 2.36. The highest BCUT2D eigenvalue weighted by Gasteiger charge is 2.06. The minimum absolute atomic E-state index is 0.0924. The molecule has 2 N–H and O–H groups in total. The molecule has 0 saturated heterocycles. The van der Waals surface area contributed by atoms with Gasteiger partial charge in [0.2, 0.25) is 0 Å². The summed E-state index contributed by atoms with van der Waals surface area (Å²) in [4.78, 5) is 10.3. The van der Waals surface area contributed by atoms with Crippen molar-refractivity contribution < 1.29 is 13.6 Å². The number of hydrogen-bond donors (Lipinski definition) is 1. The summed E-state index contributed by atoms with van der Waals surface area (Å²) < 4.78 is 25.8. The summed E-state index contributed by atoms with van der Waals surface area (Å²) in [5, 5.41) is 0. The van der Waals surface area contributed by atoms with Crippen molar-refractivity contribution in [2.45, 2.75) is 0 Å². The van der Waals surface area contributed by atoms with Crippen molar-refractivity contribution in [2.24, 2.45) is 5.73 Å². The van der Waals surface area contributed by atoms with E-state index in [4.69, 9.17) is 5.73 Å². The minimum Gasteiger partial charge on any atom is -0.359 e. The van der Waals surface area contributed by atoms with Gasteiger partial charge in [-0.05, 0) is 22.0 Å². The zero-order valence-corrected chi connectivity index (χ0v) is 8.36. The monoisotopic (exact) mass is 259 g/mol. The molecule has 0 fully saturated rings. The van der Waals surface area contributed by atoms with Crippen LogP contribution in [0.1, 0.15) is 5.56 Å². The van der Waals surface area contributed by atoms with Gasteiger partial charge in [-0.1, -0.05) is 5.92 Å². The first-order chi connectivity index (χ1) is 6.50. The first-order valence-electron chi connectivity index (χ1n) is 3.46. The standard InChI is InChI=1S/C9H4BrF2NO/c10-7-3-5(11)4-8(12)6(7)1-2-9(13)14/h3-4H,(H2,13,14). The molecule has 0 saturated carbocycles. The van der Waals surface area contributed by atoms with E-state index in [1.165, 1.54) is 0 Å². The van der Waals surface area contributed by atoms with Gasteiger partial charge in [-0.25, -0.2) is 8.78 Å². The molecule has 0 atom stereocenters. The molecule has 0 aromatic heterocycles. The van der Waals surface area contributed by atoms with Crippen LogP contribution in [0.15, 0.2) is 16.6 Å². The summed E-state index contributed by atoms with van der Waals surface area (Å²) in [5.41, 5.74) is 4.65. The van der Waals surface area contributed by atoms with E-state index in [0.29, 0.717) is 6.07 Å². The van der Waals surface area contributed by atoms with E-state index in [0.717, 1.165) is 6.07 Å². The summed E-state index contributed by atoms with van der Waals surface area (Å²) in [7, 11) is 0. The van der Waals surface area contributed by atoms with Crippen LogP contribution in [-0.4, -0.2) is 5.91 Å². The molecule has 2 nitrogen and oxygen atoms in total. The summed E-state index contributed by atoms with van der Waals surface area (Å²) in [5.74, 6) is 1.71. The fourth-order valence-electron chi connectivity index (χ4n) is 0.786. The van der Waals surface area contributed by atoms with E-state index < -0.39 is 17.5 Å². The predicted octanol–water partition coefficient (Wildman–Crippen LogP) is 1.56. The quantitative estimate of drug-likeness (QED) is 0.707. The Kier molecular flexibility index (Phi) is 3.20. The van der Waals surface area contributed by atoms with Gasteiger partial charge in [-0.3, -0.25) is 4.79 Å². The molecule has 0 aliphatic heterocycles. The van der Waals surface area contributed by atoms with Crippen LogP contribution in [0.3, 0.4) is 0 Å². The van der Waals surface area contributed by atoms with Gasteiger partial charge in [0.25, 0.3) is 5.91 Å². The lowest BCUT2D eigenvalue weighted by Gasteiger charge is -1.97. The van der Waals surface area contributed by atoms with Crippen molar-refractivity contribution in [3.8, 4) is 11.8 Å². The van der Waals surface area contributed by atoms with Crippen LogP contribution in [0, 0.1) is 23.5 Å². The number of nitrogens with two attached hydrogens (primary N) is 1. The molecule has 0 heterocycles. The molecule has 1 rings (SSSR count). The number of rotatable bonds is 0. The Morgan fingerprint density at radius 1 is 1.43 bits per heavy atom. The van der Waals surface area contributed by atoms with Gasteiger partial charge in [0.1, 0.15) is 11.6 Å². The van der Waals surface area contributed by atoms with Gasteiger partial charge in [0.15, 0.2) is 0 Å². The van der Waals surface area contributed by atoms with Gasteiger partial charge < -0.3 is 5.73 Å². The normalized spacial score (nSPS) is 9.07. The number of hydrogen-bond acceptors (Lipinski definition) is 1. The Morgan fingerprint density at radius 2 is 2.07 bits per heavy atom. The Hall–Kier alpha value is -1.41. The number of benzene rings is 1. The molecule has 1 aromatic carbocycles. The van der Waals surface area contributed by atoms with E-state index in [1.807, 2.05) is 5.92 Å². The summed E-state index contributed by atoms with van der Waals surface area (Å²) >= 11 is 2.91. The lowest BCUT2D eigenvalue weighted by atomic mass is 10.2.